The molecule has 0 radical (unpaired) electrons. The minimum absolute atomic E-state index is 0.0404. The third-order valence-electron chi connectivity index (χ3n) is 2.92. The van der Waals surface area contributed by atoms with Crippen molar-refractivity contribution >= 4 is 26.0 Å². The predicted molar refractivity (Wildman–Crippen MR) is 76.3 cm³/mol. The Morgan fingerprint density at radius 1 is 1.40 bits per heavy atom. The lowest BCUT2D eigenvalue weighted by atomic mass is 10.2. The first-order valence-corrected chi connectivity index (χ1v) is 8.05. The molecule has 108 valence electrons. The molecule has 1 heterocycles. The number of halogens is 2. The van der Waals surface area contributed by atoms with E-state index in [-0.39, 0.29) is 10.7 Å². The van der Waals surface area contributed by atoms with Crippen LogP contribution in [0.15, 0.2) is 27.6 Å². The first-order chi connectivity index (χ1) is 9.20. The molecular weight excluding hydrogens is 349 g/mol. The first-order valence-electron chi connectivity index (χ1n) is 5.71. The molecule has 0 bridgehead atoms. The zero-order valence-electron chi connectivity index (χ0n) is 10.9. The summed E-state index contributed by atoms with van der Waals surface area (Å²) >= 11 is 3.11. The summed E-state index contributed by atoms with van der Waals surface area (Å²) in [6, 6.07) is 4.58. The van der Waals surface area contributed by atoms with Crippen LogP contribution in [0.3, 0.4) is 0 Å². The van der Waals surface area contributed by atoms with Crippen molar-refractivity contribution in [3.8, 4) is 0 Å². The van der Waals surface area contributed by atoms with Gasteiger partial charge in [-0.2, -0.15) is 5.10 Å². The van der Waals surface area contributed by atoms with Gasteiger partial charge in [-0.1, -0.05) is 6.07 Å². The Kier molecular flexibility index (Phi) is 3.99. The van der Waals surface area contributed by atoms with Crippen molar-refractivity contribution in [1.29, 1.82) is 0 Å². The molecule has 0 saturated heterocycles. The Morgan fingerprint density at radius 2 is 2.05 bits per heavy atom. The summed E-state index contributed by atoms with van der Waals surface area (Å²) in [7, 11) is -3.80. The summed E-state index contributed by atoms with van der Waals surface area (Å²) in [6.07, 6.45) is 0. The highest BCUT2D eigenvalue weighted by Gasteiger charge is 2.21. The average Bonchev–Trinajstić information content (AvgIpc) is 2.58. The number of sulfonamides is 1. The highest BCUT2D eigenvalue weighted by atomic mass is 79.9. The molecule has 1 aromatic heterocycles. The van der Waals surface area contributed by atoms with Gasteiger partial charge in [0.2, 0.25) is 10.0 Å². The molecule has 8 heteroatoms. The Balaban J connectivity index is 2.43. The van der Waals surface area contributed by atoms with E-state index < -0.39 is 10.0 Å². The average molecular weight is 362 g/mol. The molecule has 1 aromatic carbocycles. The molecule has 0 fully saturated rings. The number of aromatic nitrogens is 2. The number of hydrogen-bond donors (Lipinski definition) is 1. The second-order valence-electron chi connectivity index (χ2n) is 4.45. The predicted octanol–water partition coefficient (Wildman–Crippen LogP) is 2.10. The summed E-state index contributed by atoms with van der Waals surface area (Å²) in [5, 5.41) is 9.34. The van der Waals surface area contributed by atoms with Crippen LogP contribution < -0.4 is 5.14 Å². The van der Waals surface area contributed by atoms with E-state index in [1.807, 2.05) is 0 Å². The molecule has 0 aliphatic heterocycles. The largest absolute Gasteiger partial charge is 0.264 e. The van der Waals surface area contributed by atoms with Crippen LogP contribution in [0, 0.1) is 19.7 Å². The highest BCUT2D eigenvalue weighted by molar-refractivity contribution is 9.10. The van der Waals surface area contributed by atoms with Gasteiger partial charge < -0.3 is 0 Å². The third-order valence-corrected chi connectivity index (χ3v) is 4.68. The number of hydrogen-bond acceptors (Lipinski definition) is 3. The van der Waals surface area contributed by atoms with Crippen molar-refractivity contribution in [1.82, 2.24) is 9.78 Å². The fourth-order valence-corrected chi connectivity index (χ4v) is 3.45. The van der Waals surface area contributed by atoms with Gasteiger partial charge in [0.1, 0.15) is 10.7 Å². The van der Waals surface area contributed by atoms with Crippen LogP contribution in [0.25, 0.3) is 0 Å². The summed E-state index contributed by atoms with van der Waals surface area (Å²) in [6.45, 7) is 3.56. The summed E-state index contributed by atoms with van der Waals surface area (Å²) in [5.74, 6) is -0.354. The number of benzene rings is 1. The molecule has 0 amide bonds. The van der Waals surface area contributed by atoms with E-state index in [0.717, 1.165) is 5.56 Å². The molecule has 0 unspecified atom stereocenters. The van der Waals surface area contributed by atoms with E-state index in [1.54, 1.807) is 26.0 Å². The van der Waals surface area contributed by atoms with E-state index in [1.165, 1.54) is 10.7 Å². The number of nitrogens with zero attached hydrogens (tertiary/aromatic N) is 2. The van der Waals surface area contributed by atoms with Gasteiger partial charge in [-0.15, -0.1) is 0 Å². The third kappa shape index (κ3) is 2.92. The van der Waals surface area contributed by atoms with E-state index >= 15 is 0 Å². The van der Waals surface area contributed by atoms with Gasteiger partial charge in [0.05, 0.1) is 22.4 Å². The van der Waals surface area contributed by atoms with Crippen molar-refractivity contribution in [2.24, 2.45) is 5.14 Å². The summed E-state index contributed by atoms with van der Waals surface area (Å²) in [4.78, 5) is 0.0404. The molecule has 0 saturated carbocycles. The van der Waals surface area contributed by atoms with Crippen molar-refractivity contribution in [3.63, 3.8) is 0 Å². The van der Waals surface area contributed by atoms with E-state index in [9.17, 15) is 12.8 Å². The topological polar surface area (TPSA) is 78.0 Å². The summed E-state index contributed by atoms with van der Waals surface area (Å²) in [5.41, 5.74) is 1.61. The summed E-state index contributed by atoms with van der Waals surface area (Å²) < 4.78 is 38.1. The van der Waals surface area contributed by atoms with Crippen molar-refractivity contribution < 1.29 is 12.8 Å². The number of nitrogens with two attached hydrogens (primary N) is 1. The van der Waals surface area contributed by atoms with E-state index in [0.29, 0.717) is 22.4 Å². The zero-order valence-corrected chi connectivity index (χ0v) is 13.3. The maximum Gasteiger partial charge on any atom is 0.241 e. The van der Waals surface area contributed by atoms with Crippen molar-refractivity contribution in [2.75, 3.05) is 0 Å². The van der Waals surface area contributed by atoms with Gasteiger partial charge >= 0.3 is 0 Å². The number of aryl methyl sites for hydroxylation is 1. The normalized spacial score (nSPS) is 11.8. The molecule has 0 spiro atoms. The second kappa shape index (κ2) is 5.27. The SMILES string of the molecule is Cc1nn(Cc2ccc(F)c(Br)c2)c(C)c1S(N)(=O)=O. The quantitative estimate of drug-likeness (QED) is 0.908. The second-order valence-corrected chi connectivity index (χ2v) is 6.80. The van der Waals surface area contributed by atoms with Gasteiger partial charge in [-0.3, -0.25) is 4.68 Å². The van der Waals surface area contributed by atoms with Gasteiger partial charge in [-0.05, 0) is 47.5 Å². The van der Waals surface area contributed by atoms with Crippen LogP contribution in [0.4, 0.5) is 4.39 Å². The minimum Gasteiger partial charge on any atom is -0.264 e. The Hall–Kier alpha value is -1.25. The van der Waals surface area contributed by atoms with Crippen molar-refractivity contribution in [3.05, 3.63) is 45.4 Å². The first kappa shape index (κ1) is 15.1. The number of primary sulfonamides is 1. The van der Waals surface area contributed by atoms with Crippen LogP contribution in [-0.2, 0) is 16.6 Å². The number of rotatable bonds is 3. The van der Waals surface area contributed by atoms with Crippen LogP contribution in [0.5, 0.6) is 0 Å². The molecule has 20 heavy (non-hydrogen) atoms. The monoisotopic (exact) mass is 361 g/mol. The molecule has 2 aromatic rings. The zero-order chi connectivity index (χ0) is 15.1. The fraction of sp³-hybridized carbons (Fsp3) is 0.250. The standard InChI is InChI=1S/C12H13BrFN3O2S/c1-7-12(20(15,18)19)8(2)17(16-7)6-9-3-4-11(14)10(13)5-9/h3-5H,6H2,1-2H3,(H2,15,18,19). The minimum atomic E-state index is -3.80. The lowest BCUT2D eigenvalue weighted by molar-refractivity contribution is 0.595. The van der Waals surface area contributed by atoms with E-state index in [2.05, 4.69) is 21.0 Å². The molecule has 2 rings (SSSR count). The van der Waals surface area contributed by atoms with Crippen LogP contribution in [0.2, 0.25) is 0 Å². The van der Waals surface area contributed by atoms with Gasteiger partial charge in [0.25, 0.3) is 0 Å². The highest BCUT2D eigenvalue weighted by Crippen LogP contribution is 2.21. The fourth-order valence-electron chi connectivity index (χ4n) is 2.06. The Bertz CT molecular complexity index is 771. The van der Waals surface area contributed by atoms with Gasteiger partial charge in [0, 0.05) is 0 Å². The maximum atomic E-state index is 13.2. The van der Waals surface area contributed by atoms with Gasteiger partial charge in [0.15, 0.2) is 0 Å². The molecular formula is C12H13BrFN3O2S. The molecule has 2 N–H and O–H groups in total. The van der Waals surface area contributed by atoms with Gasteiger partial charge in [-0.25, -0.2) is 17.9 Å². The lowest BCUT2D eigenvalue weighted by Gasteiger charge is -2.06. The van der Waals surface area contributed by atoms with Crippen LogP contribution in [0.1, 0.15) is 17.0 Å². The Labute approximate surface area is 124 Å². The lowest BCUT2D eigenvalue weighted by Crippen LogP contribution is -2.14. The molecule has 0 aliphatic carbocycles. The molecule has 0 atom stereocenters. The van der Waals surface area contributed by atoms with Crippen LogP contribution in [-0.4, -0.2) is 18.2 Å². The molecule has 5 nitrogen and oxygen atoms in total. The van der Waals surface area contributed by atoms with Crippen molar-refractivity contribution in [2.45, 2.75) is 25.3 Å². The van der Waals surface area contributed by atoms with E-state index in [4.69, 9.17) is 5.14 Å². The molecule has 0 aliphatic rings. The smallest absolute Gasteiger partial charge is 0.241 e. The van der Waals surface area contributed by atoms with Crippen LogP contribution >= 0.6 is 15.9 Å². The Morgan fingerprint density at radius 3 is 2.55 bits per heavy atom. The maximum absolute atomic E-state index is 13.2.